The summed E-state index contributed by atoms with van der Waals surface area (Å²) < 4.78 is 134. The molecule has 0 aliphatic rings. The number of rotatable bonds is 10. The van der Waals surface area contributed by atoms with E-state index >= 15 is 0 Å². The highest BCUT2D eigenvalue weighted by Gasteiger charge is 2.40. The van der Waals surface area contributed by atoms with Gasteiger partial charge in [0.05, 0.1) is 26.6 Å². The maximum absolute atomic E-state index is 13.0. The number of nitrogens with one attached hydrogen (secondary N) is 2. The molecule has 0 aliphatic carbocycles. The summed E-state index contributed by atoms with van der Waals surface area (Å²) in [5.41, 5.74) is -1.73. The van der Waals surface area contributed by atoms with Crippen molar-refractivity contribution in [1.82, 2.24) is 10.1 Å². The van der Waals surface area contributed by atoms with Gasteiger partial charge in [0.25, 0.3) is 0 Å². The van der Waals surface area contributed by atoms with E-state index in [1.54, 1.807) is 13.8 Å². The van der Waals surface area contributed by atoms with Crippen LogP contribution < -0.4 is 10.6 Å². The number of alkyl halides is 6. The molecule has 0 fully saturated rings. The van der Waals surface area contributed by atoms with Gasteiger partial charge in [-0.15, -0.1) is 11.3 Å². The van der Waals surface area contributed by atoms with Crippen molar-refractivity contribution >= 4 is 53.8 Å². The molecule has 59 heavy (non-hydrogen) atoms. The summed E-state index contributed by atoms with van der Waals surface area (Å²) in [5.74, 6) is -2.29. The number of anilines is 2. The number of carbonyl (C=O) groups excluding carboxylic acids is 2. The smallest absolute Gasteiger partial charge is 0.359 e. The average molecular weight is 895 g/mol. The molecule has 0 radical (unpaired) electrons. The van der Waals surface area contributed by atoms with E-state index in [1.165, 1.54) is 31.3 Å². The minimum Gasteiger partial charge on any atom is -0.359 e. The van der Waals surface area contributed by atoms with Crippen LogP contribution in [-0.2, 0) is 52.4 Å². The van der Waals surface area contributed by atoms with E-state index in [0.29, 0.717) is 30.0 Å². The minimum atomic E-state index is -4.59. The van der Waals surface area contributed by atoms with Gasteiger partial charge in [-0.2, -0.15) is 26.3 Å². The Hall–Kier alpha value is -4.30. The van der Waals surface area contributed by atoms with Gasteiger partial charge in [0.1, 0.15) is 16.3 Å². The fourth-order valence-corrected chi connectivity index (χ4v) is 10.5. The highest BCUT2D eigenvalue weighted by atomic mass is 32.2. The predicted molar refractivity (Wildman–Crippen MR) is 213 cm³/mol. The summed E-state index contributed by atoms with van der Waals surface area (Å²) in [5, 5.41) is 6.03. The third-order valence-electron chi connectivity index (χ3n) is 8.63. The van der Waals surface area contributed by atoms with Crippen molar-refractivity contribution in [2.45, 2.75) is 120 Å². The molecule has 2 N–H and O–H groups in total. The number of thiazole rings is 1. The third kappa shape index (κ3) is 12.1. The van der Waals surface area contributed by atoms with Crippen molar-refractivity contribution < 1.29 is 57.3 Å². The molecular formula is C39H48F6N4O7S3. The van der Waals surface area contributed by atoms with Crippen LogP contribution in [0.1, 0.15) is 96.7 Å². The predicted octanol–water partition coefficient (Wildman–Crippen LogP) is 9.63. The molecule has 2 atom stereocenters. The van der Waals surface area contributed by atoms with Crippen molar-refractivity contribution in [2.75, 3.05) is 10.6 Å². The molecular weight excluding hydrogens is 847 g/mol. The van der Waals surface area contributed by atoms with E-state index in [0.717, 1.165) is 34.8 Å². The Labute approximate surface area is 344 Å². The quantitative estimate of drug-likeness (QED) is 0.148. The number of hydrogen-bond acceptors (Lipinski definition) is 10. The first-order valence-electron chi connectivity index (χ1n) is 18.1. The van der Waals surface area contributed by atoms with Crippen molar-refractivity contribution in [2.24, 2.45) is 11.8 Å². The fourth-order valence-electron chi connectivity index (χ4n) is 5.77. The van der Waals surface area contributed by atoms with Crippen LogP contribution in [0, 0.1) is 18.8 Å². The second-order valence-electron chi connectivity index (χ2n) is 16.5. The van der Waals surface area contributed by atoms with Crippen molar-refractivity contribution in [1.29, 1.82) is 0 Å². The molecule has 326 valence electrons. The van der Waals surface area contributed by atoms with Crippen LogP contribution in [0.4, 0.5) is 37.3 Å². The van der Waals surface area contributed by atoms with Crippen LogP contribution in [-0.4, -0.2) is 49.3 Å². The van der Waals surface area contributed by atoms with Gasteiger partial charge in [0.2, 0.25) is 11.8 Å². The van der Waals surface area contributed by atoms with Crippen LogP contribution in [0.3, 0.4) is 0 Å². The van der Waals surface area contributed by atoms with Crippen LogP contribution in [0.25, 0.3) is 0 Å². The standard InChI is InChI=1S/C20H25F3N2O3S2.C19H23F3N2O4S/c1-11(2)15(17(26)25-18-24-12(3)16(29-18)19(4,5)6)30(27,28)14-9-7-13(8-10-14)20(21,22)23;1-11(2)16(17(25)23-15-10-14(28-24-15)18(3,4)5)29(26,27)13-8-6-12(7-9-13)19(20,21)22/h7-11,15H,1-6H3,(H,24,25,26);6-11,16H,1-5H3,(H,23,24,25). The van der Waals surface area contributed by atoms with Gasteiger partial charge in [0.15, 0.2) is 30.6 Å². The first-order valence-corrected chi connectivity index (χ1v) is 22.0. The molecule has 0 spiro atoms. The Morgan fingerprint density at radius 1 is 0.661 bits per heavy atom. The minimum absolute atomic E-state index is 0.0631. The molecule has 2 unspecified atom stereocenters. The Kier molecular flexibility index (Phi) is 14.7. The zero-order chi connectivity index (χ0) is 45.3. The Balaban J connectivity index is 0.000000316. The Bertz CT molecular complexity index is 2320. The monoisotopic (exact) mass is 894 g/mol. The molecule has 2 amide bonds. The second kappa shape index (κ2) is 17.7. The number of halogens is 6. The first-order chi connectivity index (χ1) is 26.7. The lowest BCUT2D eigenvalue weighted by molar-refractivity contribution is -0.138. The maximum Gasteiger partial charge on any atom is 0.416 e. The van der Waals surface area contributed by atoms with E-state index in [9.17, 15) is 52.8 Å². The van der Waals surface area contributed by atoms with E-state index in [-0.39, 0.29) is 31.6 Å². The summed E-state index contributed by atoms with van der Waals surface area (Å²) in [4.78, 5) is 30.2. The molecule has 0 bridgehead atoms. The SMILES string of the molecule is CC(C)C(C(=O)Nc1cc(C(C)(C)C)on1)S(=O)(=O)c1ccc(C(F)(F)F)cc1.Cc1nc(NC(=O)C(C(C)C)S(=O)(=O)c2ccc(C(F)(F)F)cc2)sc1C(C)(C)C. The topological polar surface area (TPSA) is 165 Å². The molecule has 4 aromatic rings. The first kappa shape index (κ1) is 49.1. The van der Waals surface area contributed by atoms with Gasteiger partial charge in [-0.3, -0.25) is 9.59 Å². The number of amides is 2. The maximum atomic E-state index is 13.0. The highest BCUT2D eigenvalue weighted by Crippen LogP contribution is 2.36. The van der Waals surface area contributed by atoms with Crippen LogP contribution in [0.15, 0.2) is 68.9 Å². The summed E-state index contributed by atoms with van der Waals surface area (Å²) in [6, 6.07) is 7.72. The molecule has 0 aliphatic heterocycles. The summed E-state index contributed by atoms with van der Waals surface area (Å²) in [6.45, 7) is 19.7. The number of carbonyl (C=O) groups is 2. The normalized spacial score (nSPS) is 14.1. The van der Waals surface area contributed by atoms with Crippen LogP contribution in [0.5, 0.6) is 0 Å². The molecule has 2 aromatic carbocycles. The van der Waals surface area contributed by atoms with Gasteiger partial charge in [-0.25, -0.2) is 21.8 Å². The Morgan fingerprint density at radius 2 is 1.05 bits per heavy atom. The number of aromatic nitrogens is 2. The van der Waals surface area contributed by atoms with Crippen molar-refractivity contribution in [3.63, 3.8) is 0 Å². The Morgan fingerprint density at radius 3 is 1.36 bits per heavy atom. The van der Waals surface area contributed by atoms with Gasteiger partial charge >= 0.3 is 12.4 Å². The summed E-state index contributed by atoms with van der Waals surface area (Å²) >= 11 is 1.27. The lowest BCUT2D eigenvalue weighted by Crippen LogP contribution is -2.39. The molecule has 0 saturated heterocycles. The van der Waals surface area contributed by atoms with Gasteiger partial charge < -0.3 is 15.2 Å². The molecule has 4 rings (SSSR count). The van der Waals surface area contributed by atoms with E-state index in [1.807, 2.05) is 48.5 Å². The number of nitrogens with zero attached hydrogens (tertiary/aromatic N) is 2. The molecule has 0 saturated carbocycles. The molecule has 11 nitrogen and oxygen atoms in total. The lowest BCUT2D eigenvalue weighted by Gasteiger charge is -2.20. The van der Waals surface area contributed by atoms with Crippen LogP contribution >= 0.6 is 11.3 Å². The largest absolute Gasteiger partial charge is 0.416 e. The van der Waals surface area contributed by atoms with Gasteiger partial charge in [-0.05, 0) is 72.7 Å². The number of aryl methyl sites for hydroxylation is 1. The zero-order valence-electron chi connectivity index (χ0n) is 34.3. The molecule has 2 aromatic heterocycles. The third-order valence-corrected chi connectivity index (χ3v) is 14.8. The van der Waals surface area contributed by atoms with Crippen molar-refractivity contribution in [3.8, 4) is 0 Å². The lowest BCUT2D eigenvalue weighted by atomic mass is 9.93. The molecule has 20 heteroatoms. The summed E-state index contributed by atoms with van der Waals surface area (Å²) in [6.07, 6.45) is -9.17. The van der Waals surface area contributed by atoms with E-state index in [4.69, 9.17) is 4.52 Å². The zero-order valence-corrected chi connectivity index (χ0v) is 36.7. The number of sulfone groups is 2. The van der Waals surface area contributed by atoms with E-state index in [2.05, 4.69) is 20.8 Å². The molecule has 2 heterocycles. The fraction of sp³-hybridized carbons (Fsp3) is 0.487. The number of benzene rings is 2. The van der Waals surface area contributed by atoms with E-state index < -0.39 is 77.3 Å². The number of hydrogen-bond donors (Lipinski definition) is 2. The van der Waals surface area contributed by atoms with Gasteiger partial charge in [0, 0.05) is 16.4 Å². The average Bonchev–Trinajstić information content (AvgIpc) is 3.70. The summed E-state index contributed by atoms with van der Waals surface area (Å²) in [7, 11) is -8.46. The second-order valence-corrected chi connectivity index (χ2v) is 21.6. The van der Waals surface area contributed by atoms with Gasteiger partial charge in [-0.1, -0.05) is 74.4 Å². The van der Waals surface area contributed by atoms with Crippen LogP contribution in [0.2, 0.25) is 0 Å². The van der Waals surface area contributed by atoms with Crippen molar-refractivity contribution in [3.05, 3.63) is 82.1 Å². The highest BCUT2D eigenvalue weighted by molar-refractivity contribution is 7.93.